The molecule has 0 aliphatic heterocycles. The summed E-state index contributed by atoms with van der Waals surface area (Å²) in [6, 6.07) is 5.45. The lowest BCUT2D eigenvalue weighted by molar-refractivity contribution is -0.0109. The van der Waals surface area contributed by atoms with Crippen LogP contribution in [0.15, 0.2) is 18.2 Å². The van der Waals surface area contributed by atoms with Gasteiger partial charge in [-0.3, -0.25) is 0 Å². The predicted molar refractivity (Wildman–Crippen MR) is 70.7 cm³/mol. The predicted octanol–water partition coefficient (Wildman–Crippen LogP) is 2.78. The van der Waals surface area contributed by atoms with Gasteiger partial charge < -0.3 is 15.2 Å². The number of aryl methyl sites for hydroxylation is 1. The van der Waals surface area contributed by atoms with Gasteiger partial charge in [-0.2, -0.15) is 0 Å². The summed E-state index contributed by atoms with van der Waals surface area (Å²) in [6.45, 7) is 6.20. The summed E-state index contributed by atoms with van der Waals surface area (Å²) >= 11 is 6.06. The first-order chi connectivity index (χ1) is 7.86. The van der Waals surface area contributed by atoms with E-state index in [1.165, 1.54) is 0 Å². The van der Waals surface area contributed by atoms with Crippen LogP contribution in [0.2, 0.25) is 5.02 Å². The Bertz CT molecular complexity index is 380. The first kappa shape index (κ1) is 14.3. The molecule has 1 aromatic carbocycles. The van der Waals surface area contributed by atoms with E-state index in [4.69, 9.17) is 26.8 Å². The molecule has 0 radical (unpaired) electrons. The smallest absolute Gasteiger partial charge is 0.137 e. The van der Waals surface area contributed by atoms with E-state index in [1.54, 1.807) is 7.11 Å². The topological polar surface area (TPSA) is 44.5 Å². The van der Waals surface area contributed by atoms with Crippen LogP contribution in [0.4, 0.5) is 0 Å². The van der Waals surface area contributed by atoms with E-state index < -0.39 is 5.60 Å². The standard InChI is InChI=1S/C13H20ClNO2/c1-9-5-6-11(10(14)7-9)17-8-12(15)13(2,3)16-4/h5-7,12H,8,15H2,1-4H3. The van der Waals surface area contributed by atoms with Gasteiger partial charge >= 0.3 is 0 Å². The largest absolute Gasteiger partial charge is 0.490 e. The molecule has 0 aromatic heterocycles. The van der Waals surface area contributed by atoms with Gasteiger partial charge in [0.1, 0.15) is 12.4 Å². The van der Waals surface area contributed by atoms with Crippen molar-refractivity contribution in [3.05, 3.63) is 28.8 Å². The summed E-state index contributed by atoms with van der Waals surface area (Å²) < 4.78 is 10.9. The molecule has 17 heavy (non-hydrogen) atoms. The molecule has 0 saturated heterocycles. The van der Waals surface area contributed by atoms with Crippen molar-refractivity contribution in [1.29, 1.82) is 0 Å². The molecule has 0 fully saturated rings. The van der Waals surface area contributed by atoms with Crippen LogP contribution < -0.4 is 10.5 Å². The van der Waals surface area contributed by atoms with Crippen molar-refractivity contribution < 1.29 is 9.47 Å². The zero-order valence-corrected chi connectivity index (χ0v) is 11.5. The Kier molecular flexibility index (Phi) is 4.80. The Hall–Kier alpha value is -0.770. The van der Waals surface area contributed by atoms with E-state index in [0.29, 0.717) is 17.4 Å². The number of methoxy groups -OCH3 is 1. The molecule has 0 aliphatic rings. The minimum absolute atomic E-state index is 0.218. The maximum atomic E-state index is 6.06. The Labute approximate surface area is 108 Å². The number of rotatable bonds is 5. The summed E-state index contributed by atoms with van der Waals surface area (Å²) in [7, 11) is 1.64. The van der Waals surface area contributed by atoms with Crippen molar-refractivity contribution in [2.75, 3.05) is 13.7 Å². The average molecular weight is 258 g/mol. The highest BCUT2D eigenvalue weighted by Gasteiger charge is 2.26. The molecular weight excluding hydrogens is 238 g/mol. The average Bonchev–Trinajstić information content (AvgIpc) is 2.27. The van der Waals surface area contributed by atoms with Crippen LogP contribution in [-0.2, 0) is 4.74 Å². The fourth-order valence-electron chi connectivity index (χ4n) is 1.25. The Balaban J connectivity index is 2.62. The normalized spacial score (nSPS) is 13.5. The van der Waals surface area contributed by atoms with Crippen LogP contribution >= 0.6 is 11.6 Å². The lowest BCUT2D eigenvalue weighted by atomic mass is 10.0. The van der Waals surface area contributed by atoms with Crippen molar-refractivity contribution in [2.45, 2.75) is 32.4 Å². The van der Waals surface area contributed by atoms with Gasteiger partial charge in [0.15, 0.2) is 0 Å². The lowest BCUT2D eigenvalue weighted by Gasteiger charge is -2.29. The molecule has 0 bridgehead atoms. The van der Waals surface area contributed by atoms with Gasteiger partial charge in [-0.05, 0) is 38.5 Å². The van der Waals surface area contributed by atoms with Crippen LogP contribution in [0, 0.1) is 6.92 Å². The molecular formula is C13H20ClNO2. The molecule has 0 amide bonds. The van der Waals surface area contributed by atoms with E-state index in [-0.39, 0.29) is 6.04 Å². The van der Waals surface area contributed by atoms with Gasteiger partial charge in [0.25, 0.3) is 0 Å². The second kappa shape index (κ2) is 5.71. The highest BCUT2D eigenvalue weighted by atomic mass is 35.5. The van der Waals surface area contributed by atoms with E-state index in [2.05, 4.69) is 0 Å². The molecule has 1 aromatic rings. The van der Waals surface area contributed by atoms with Crippen LogP contribution in [0.5, 0.6) is 5.75 Å². The molecule has 3 nitrogen and oxygen atoms in total. The maximum absolute atomic E-state index is 6.06. The van der Waals surface area contributed by atoms with Crippen molar-refractivity contribution >= 4 is 11.6 Å². The molecule has 0 aliphatic carbocycles. The van der Waals surface area contributed by atoms with Crippen molar-refractivity contribution in [3.8, 4) is 5.75 Å². The second-order valence-corrected chi connectivity index (χ2v) is 5.07. The highest BCUT2D eigenvalue weighted by molar-refractivity contribution is 6.32. The van der Waals surface area contributed by atoms with Gasteiger partial charge in [0.2, 0.25) is 0 Å². The molecule has 0 spiro atoms. The number of ether oxygens (including phenoxy) is 2. The van der Waals surface area contributed by atoms with Crippen LogP contribution in [0.25, 0.3) is 0 Å². The number of halogens is 1. The molecule has 0 saturated carbocycles. The fraction of sp³-hybridized carbons (Fsp3) is 0.538. The first-order valence-corrected chi connectivity index (χ1v) is 5.94. The number of benzene rings is 1. The Morgan fingerprint density at radius 1 is 1.41 bits per heavy atom. The monoisotopic (exact) mass is 257 g/mol. The number of nitrogens with two attached hydrogens (primary N) is 1. The van der Waals surface area contributed by atoms with Crippen molar-refractivity contribution in [2.24, 2.45) is 5.73 Å². The van der Waals surface area contributed by atoms with Gasteiger partial charge in [-0.1, -0.05) is 17.7 Å². The highest BCUT2D eigenvalue weighted by Crippen LogP contribution is 2.25. The number of hydrogen-bond acceptors (Lipinski definition) is 3. The van der Waals surface area contributed by atoms with Gasteiger partial charge in [-0.25, -0.2) is 0 Å². The second-order valence-electron chi connectivity index (χ2n) is 4.66. The summed E-state index contributed by atoms with van der Waals surface area (Å²) in [6.07, 6.45) is 0. The third-order valence-electron chi connectivity index (χ3n) is 2.92. The maximum Gasteiger partial charge on any atom is 0.137 e. The molecule has 0 heterocycles. The molecule has 96 valence electrons. The SMILES string of the molecule is COC(C)(C)C(N)COc1ccc(C)cc1Cl. The van der Waals surface area contributed by atoms with Crippen LogP contribution in [0.1, 0.15) is 19.4 Å². The summed E-state index contributed by atoms with van der Waals surface area (Å²) in [4.78, 5) is 0. The summed E-state index contributed by atoms with van der Waals surface area (Å²) in [5.41, 5.74) is 6.68. The summed E-state index contributed by atoms with van der Waals surface area (Å²) in [5.74, 6) is 0.652. The Morgan fingerprint density at radius 3 is 2.59 bits per heavy atom. The van der Waals surface area contributed by atoms with E-state index in [1.807, 2.05) is 39.0 Å². The zero-order chi connectivity index (χ0) is 13.1. The molecule has 1 rings (SSSR count). The van der Waals surface area contributed by atoms with Crippen LogP contribution in [-0.4, -0.2) is 25.4 Å². The van der Waals surface area contributed by atoms with E-state index >= 15 is 0 Å². The third-order valence-corrected chi connectivity index (χ3v) is 3.22. The molecule has 1 unspecified atom stereocenters. The first-order valence-electron chi connectivity index (χ1n) is 5.56. The summed E-state index contributed by atoms with van der Waals surface area (Å²) in [5, 5.41) is 0.604. The van der Waals surface area contributed by atoms with E-state index in [9.17, 15) is 0 Å². The minimum atomic E-state index is -0.419. The van der Waals surface area contributed by atoms with Gasteiger partial charge in [0, 0.05) is 7.11 Å². The molecule has 4 heteroatoms. The van der Waals surface area contributed by atoms with Crippen molar-refractivity contribution in [1.82, 2.24) is 0 Å². The number of hydrogen-bond donors (Lipinski definition) is 1. The van der Waals surface area contributed by atoms with Crippen molar-refractivity contribution in [3.63, 3.8) is 0 Å². The molecule has 1 atom stereocenters. The molecule has 2 N–H and O–H groups in total. The quantitative estimate of drug-likeness (QED) is 0.882. The minimum Gasteiger partial charge on any atom is -0.490 e. The van der Waals surface area contributed by atoms with Gasteiger partial charge in [0.05, 0.1) is 16.7 Å². The van der Waals surface area contributed by atoms with E-state index in [0.717, 1.165) is 5.56 Å². The third kappa shape index (κ3) is 3.87. The fourth-order valence-corrected chi connectivity index (χ4v) is 1.54. The zero-order valence-electron chi connectivity index (χ0n) is 10.8. The lowest BCUT2D eigenvalue weighted by Crippen LogP contribution is -2.48. The van der Waals surface area contributed by atoms with Crippen LogP contribution in [0.3, 0.4) is 0 Å². The van der Waals surface area contributed by atoms with Gasteiger partial charge in [-0.15, -0.1) is 0 Å². The Morgan fingerprint density at radius 2 is 2.06 bits per heavy atom.